The van der Waals surface area contributed by atoms with Crippen molar-refractivity contribution in [3.05, 3.63) is 83.4 Å². The Kier molecular flexibility index (Phi) is 25.8. The molecule has 0 unspecified atom stereocenters. The minimum Gasteiger partial charge on any atom is -0.493 e. The first kappa shape index (κ1) is 54.5. The molecule has 0 amide bonds. The van der Waals surface area contributed by atoms with E-state index in [1.807, 2.05) is 12.1 Å². The van der Waals surface area contributed by atoms with Crippen LogP contribution < -0.4 is 18.9 Å². The highest BCUT2D eigenvalue weighted by molar-refractivity contribution is 7.59. The molecule has 0 aromatic heterocycles. The summed E-state index contributed by atoms with van der Waals surface area (Å²) in [4.78, 5) is 5.31. The lowest BCUT2D eigenvalue weighted by molar-refractivity contribution is -0.0352. The van der Waals surface area contributed by atoms with Gasteiger partial charge in [-0.05, 0) is 105 Å². The van der Waals surface area contributed by atoms with Crippen LogP contribution in [-0.2, 0) is 33.7 Å². The molecule has 2 aliphatic carbocycles. The fourth-order valence-electron chi connectivity index (χ4n) is 9.36. The summed E-state index contributed by atoms with van der Waals surface area (Å²) in [6.07, 6.45) is 15.4. The van der Waals surface area contributed by atoms with Gasteiger partial charge in [-0.1, -0.05) is 89.9 Å². The molecule has 2 heterocycles. The molecule has 0 spiro atoms. The standard InChI is InChI=1S/C27H37NO4.C21H33NO3.2CH4.2H2S/c1-29-26-13-12-21(18-27(26)30-2)15-17-31-25-11-7-6-10-24(25)28-16-14-23(19-28)32-20-22-8-4-3-5-9-22;1-16-10-12-22(15-16)18-6-4-5-7-19(18)25-13-11-17-8-9-20(23-2)21(14-17)24-3;;;;/h3-5,8-9,12-13,18,23-25H,6-7,10-11,14-17,19-20H2,1-2H3;8-9,14,16,18-19H,4-7,10-13,15H2,1-3H3;2*1H4;2*1H2/t23-,24-,25-;16-,18+,19+;;;;/m11..../s1. The van der Waals surface area contributed by atoms with Gasteiger partial charge in [0.1, 0.15) is 0 Å². The molecular weight excluding hydrogens is 805 g/mol. The van der Waals surface area contributed by atoms with E-state index in [-0.39, 0.29) is 41.8 Å². The van der Waals surface area contributed by atoms with E-state index in [1.165, 1.54) is 81.1 Å². The molecule has 61 heavy (non-hydrogen) atoms. The monoisotopic (exact) mass is 887 g/mol. The number of hydrogen-bond donors (Lipinski definition) is 0. The molecule has 346 valence electrons. The lowest BCUT2D eigenvalue weighted by Crippen LogP contribution is -2.46. The van der Waals surface area contributed by atoms with Crippen LogP contribution in [0.5, 0.6) is 23.0 Å². The highest BCUT2D eigenvalue weighted by Crippen LogP contribution is 2.33. The predicted octanol–water partition coefficient (Wildman–Crippen LogP) is 10.3. The number of nitrogens with zero attached hydrogens (tertiary/aromatic N) is 2. The van der Waals surface area contributed by atoms with Gasteiger partial charge in [0.05, 0.1) is 66.6 Å². The first-order chi connectivity index (χ1) is 28.0. The van der Waals surface area contributed by atoms with Gasteiger partial charge >= 0.3 is 0 Å². The Hall–Kier alpha value is -2.64. The second kappa shape index (κ2) is 28.9. The number of hydrogen-bond acceptors (Lipinski definition) is 9. The summed E-state index contributed by atoms with van der Waals surface area (Å²) in [5, 5.41) is 0. The third kappa shape index (κ3) is 16.1. The van der Waals surface area contributed by atoms with Crippen molar-refractivity contribution in [2.75, 3.05) is 67.8 Å². The summed E-state index contributed by atoms with van der Waals surface area (Å²) >= 11 is 0. The quantitative estimate of drug-likeness (QED) is 0.132. The average Bonchev–Trinajstić information content (AvgIpc) is 3.93. The normalized spacial score (nSPS) is 23.8. The molecule has 9 nitrogen and oxygen atoms in total. The van der Waals surface area contributed by atoms with Crippen LogP contribution in [0, 0.1) is 5.92 Å². The number of benzene rings is 3. The van der Waals surface area contributed by atoms with Crippen molar-refractivity contribution in [2.24, 2.45) is 5.92 Å². The van der Waals surface area contributed by atoms with Crippen LogP contribution in [0.25, 0.3) is 0 Å². The molecule has 3 aromatic rings. The molecule has 2 saturated carbocycles. The maximum atomic E-state index is 6.45. The molecule has 0 bridgehead atoms. The average molecular weight is 887 g/mol. The first-order valence-electron chi connectivity index (χ1n) is 21.8. The number of ether oxygens (including phenoxy) is 7. The summed E-state index contributed by atoms with van der Waals surface area (Å²) in [7, 11) is 6.70. The van der Waals surface area contributed by atoms with Gasteiger partial charge in [0.25, 0.3) is 0 Å². The minimum absolute atomic E-state index is 0. The van der Waals surface area contributed by atoms with Gasteiger partial charge < -0.3 is 33.2 Å². The lowest BCUT2D eigenvalue weighted by Gasteiger charge is -2.38. The zero-order valence-corrected chi connectivity index (χ0v) is 38.5. The van der Waals surface area contributed by atoms with Crippen LogP contribution in [-0.4, -0.2) is 108 Å². The van der Waals surface area contributed by atoms with E-state index < -0.39 is 0 Å². The SMILES string of the molecule is C.C.COc1ccc(CCO[C@@H]2CCCC[C@H]2N2CC[C@@H](OCc3ccccc3)C2)cc1OC.COc1ccc(CCO[C@H]2CCCC[C@@H]2N2CC[C@@H](C)C2)cc1OC.S.S. The van der Waals surface area contributed by atoms with Gasteiger partial charge in [-0.3, -0.25) is 9.80 Å². The third-order valence-corrected chi connectivity index (χ3v) is 12.6. The van der Waals surface area contributed by atoms with Crippen LogP contribution in [0.15, 0.2) is 66.7 Å². The maximum Gasteiger partial charge on any atom is 0.160 e. The summed E-state index contributed by atoms with van der Waals surface area (Å²) in [5.41, 5.74) is 3.70. The van der Waals surface area contributed by atoms with E-state index in [9.17, 15) is 0 Å². The Bertz CT molecular complexity index is 1620. The zero-order chi connectivity index (χ0) is 39.8. The first-order valence-corrected chi connectivity index (χ1v) is 21.8. The van der Waals surface area contributed by atoms with E-state index in [0.29, 0.717) is 37.0 Å². The summed E-state index contributed by atoms with van der Waals surface area (Å²) in [6, 6.07) is 23.9. The van der Waals surface area contributed by atoms with Gasteiger partial charge in [0.2, 0.25) is 0 Å². The topological polar surface area (TPSA) is 71.1 Å². The second-order valence-electron chi connectivity index (χ2n) is 16.5. The summed E-state index contributed by atoms with van der Waals surface area (Å²) in [6.45, 7) is 9.22. The number of methoxy groups -OCH3 is 4. The van der Waals surface area contributed by atoms with Gasteiger partial charge in [0, 0.05) is 31.7 Å². The fourth-order valence-corrected chi connectivity index (χ4v) is 9.36. The van der Waals surface area contributed by atoms with Gasteiger partial charge in [-0.2, -0.15) is 27.0 Å². The minimum atomic E-state index is 0. The molecule has 3 aromatic carbocycles. The molecule has 0 N–H and O–H groups in total. The number of likely N-dealkylation sites (tertiary alicyclic amines) is 2. The molecule has 4 aliphatic rings. The molecule has 4 fully saturated rings. The van der Waals surface area contributed by atoms with E-state index in [0.717, 1.165) is 80.9 Å². The Morgan fingerprint density at radius 1 is 0.508 bits per heavy atom. The zero-order valence-electron chi connectivity index (χ0n) is 36.5. The van der Waals surface area contributed by atoms with Crippen molar-refractivity contribution in [1.29, 1.82) is 0 Å². The Morgan fingerprint density at radius 3 is 1.46 bits per heavy atom. The summed E-state index contributed by atoms with van der Waals surface area (Å²) < 4.78 is 40.5. The third-order valence-electron chi connectivity index (χ3n) is 12.6. The van der Waals surface area contributed by atoms with Crippen molar-refractivity contribution in [3.63, 3.8) is 0 Å². The highest BCUT2D eigenvalue weighted by atomic mass is 32.1. The number of rotatable bonds is 17. The van der Waals surface area contributed by atoms with E-state index in [1.54, 1.807) is 28.4 Å². The van der Waals surface area contributed by atoms with E-state index in [2.05, 4.69) is 71.3 Å². The Labute approximate surface area is 384 Å². The second-order valence-corrected chi connectivity index (χ2v) is 16.5. The summed E-state index contributed by atoms with van der Waals surface area (Å²) in [5.74, 6) is 3.96. The van der Waals surface area contributed by atoms with Crippen molar-refractivity contribution in [1.82, 2.24) is 9.80 Å². The maximum absolute atomic E-state index is 6.45. The van der Waals surface area contributed by atoms with Crippen LogP contribution >= 0.6 is 27.0 Å². The molecular formula is C50H82N2O7S2. The van der Waals surface area contributed by atoms with Gasteiger partial charge in [-0.25, -0.2) is 0 Å². The molecule has 7 rings (SSSR count). The van der Waals surface area contributed by atoms with Crippen LogP contribution in [0.4, 0.5) is 0 Å². The van der Waals surface area contributed by atoms with Crippen molar-refractivity contribution < 1.29 is 33.2 Å². The van der Waals surface area contributed by atoms with Gasteiger partial charge in [0.15, 0.2) is 23.0 Å². The van der Waals surface area contributed by atoms with Crippen LogP contribution in [0.1, 0.15) is 103 Å². The largest absolute Gasteiger partial charge is 0.493 e. The van der Waals surface area contributed by atoms with E-state index >= 15 is 0 Å². The van der Waals surface area contributed by atoms with E-state index in [4.69, 9.17) is 33.2 Å². The van der Waals surface area contributed by atoms with Crippen LogP contribution in [0.2, 0.25) is 0 Å². The fraction of sp³-hybridized carbons (Fsp3) is 0.640. The molecule has 2 aliphatic heterocycles. The predicted molar refractivity (Wildman–Crippen MR) is 261 cm³/mol. The van der Waals surface area contributed by atoms with Gasteiger partial charge in [-0.15, -0.1) is 0 Å². The van der Waals surface area contributed by atoms with Crippen LogP contribution in [0.3, 0.4) is 0 Å². The molecule has 11 heteroatoms. The highest BCUT2D eigenvalue weighted by Gasteiger charge is 2.36. The molecule has 2 saturated heterocycles. The Morgan fingerprint density at radius 2 is 0.984 bits per heavy atom. The lowest BCUT2D eigenvalue weighted by atomic mass is 9.91. The Balaban J connectivity index is 0.000000404. The van der Waals surface area contributed by atoms with Crippen molar-refractivity contribution >= 4 is 27.0 Å². The van der Waals surface area contributed by atoms with Crippen molar-refractivity contribution in [3.8, 4) is 23.0 Å². The molecule has 6 atom stereocenters. The smallest absolute Gasteiger partial charge is 0.160 e. The molecule has 0 radical (unpaired) electrons. The van der Waals surface area contributed by atoms with Crippen molar-refractivity contribution in [2.45, 2.75) is 136 Å².